The van der Waals surface area contributed by atoms with E-state index in [-0.39, 0.29) is 27.5 Å². The van der Waals surface area contributed by atoms with Crippen LogP contribution >= 0.6 is 0 Å². The van der Waals surface area contributed by atoms with E-state index in [1.54, 1.807) is 13.0 Å². The maximum atomic E-state index is 13.1. The van der Waals surface area contributed by atoms with Crippen LogP contribution in [0, 0.1) is 6.92 Å². The Bertz CT molecular complexity index is 1150. The summed E-state index contributed by atoms with van der Waals surface area (Å²) in [6, 6.07) is 7.30. The molecular formula is C23H29N3O7S. The lowest BCUT2D eigenvalue weighted by Gasteiger charge is -2.26. The van der Waals surface area contributed by atoms with Crippen molar-refractivity contribution in [2.24, 2.45) is 0 Å². The molecule has 0 spiro atoms. The molecule has 2 amide bonds. The molecule has 34 heavy (non-hydrogen) atoms. The topological polar surface area (TPSA) is 123 Å². The highest BCUT2D eigenvalue weighted by molar-refractivity contribution is 7.89. The van der Waals surface area contributed by atoms with Gasteiger partial charge in [-0.2, -0.15) is 4.31 Å². The van der Waals surface area contributed by atoms with E-state index in [9.17, 15) is 18.0 Å². The molecule has 0 aromatic heterocycles. The van der Waals surface area contributed by atoms with Crippen molar-refractivity contribution in [2.75, 3.05) is 34.4 Å². The Kier molecular flexibility index (Phi) is 8.00. The van der Waals surface area contributed by atoms with Crippen molar-refractivity contribution in [3.05, 3.63) is 47.0 Å². The van der Waals surface area contributed by atoms with Crippen LogP contribution in [-0.2, 0) is 10.0 Å². The minimum Gasteiger partial charge on any atom is -0.493 e. The summed E-state index contributed by atoms with van der Waals surface area (Å²) in [7, 11) is 0.576. The van der Waals surface area contributed by atoms with Crippen LogP contribution in [0.15, 0.2) is 35.2 Å². The Morgan fingerprint density at radius 2 is 1.38 bits per heavy atom. The van der Waals surface area contributed by atoms with Crippen molar-refractivity contribution >= 4 is 21.8 Å². The monoisotopic (exact) mass is 491 g/mol. The molecule has 10 nitrogen and oxygen atoms in total. The highest BCUT2D eigenvalue weighted by Crippen LogP contribution is 2.38. The highest BCUT2D eigenvalue weighted by atomic mass is 32.2. The van der Waals surface area contributed by atoms with Crippen molar-refractivity contribution in [2.45, 2.75) is 31.1 Å². The average Bonchev–Trinajstić information content (AvgIpc) is 2.86. The van der Waals surface area contributed by atoms with E-state index in [4.69, 9.17) is 14.2 Å². The Balaban J connectivity index is 1.77. The zero-order chi connectivity index (χ0) is 24.9. The summed E-state index contributed by atoms with van der Waals surface area (Å²) >= 11 is 0. The molecule has 1 saturated heterocycles. The molecule has 2 N–H and O–H groups in total. The van der Waals surface area contributed by atoms with E-state index in [1.807, 2.05) is 0 Å². The number of carbonyl (C=O) groups is 2. The third kappa shape index (κ3) is 5.26. The largest absolute Gasteiger partial charge is 0.493 e. The van der Waals surface area contributed by atoms with Crippen molar-refractivity contribution in [1.29, 1.82) is 0 Å². The van der Waals surface area contributed by atoms with Gasteiger partial charge in [0.25, 0.3) is 11.8 Å². The van der Waals surface area contributed by atoms with E-state index in [1.165, 1.54) is 49.9 Å². The lowest BCUT2D eigenvalue weighted by molar-refractivity contribution is 0.0846. The first kappa shape index (κ1) is 25.3. The predicted molar refractivity (Wildman–Crippen MR) is 125 cm³/mol. The molecule has 2 aromatic rings. The molecule has 3 rings (SSSR count). The summed E-state index contributed by atoms with van der Waals surface area (Å²) in [5.74, 6) is -0.390. The molecule has 1 fully saturated rings. The SMILES string of the molecule is COc1cc(C(=O)NNC(=O)c2ccc(C)c(S(=O)(=O)N3CCCCC3)c2)cc(OC)c1OC. The van der Waals surface area contributed by atoms with Gasteiger partial charge in [0.05, 0.1) is 26.2 Å². The Labute approximate surface area is 199 Å². The minimum atomic E-state index is -3.72. The number of hydrogen-bond acceptors (Lipinski definition) is 7. The van der Waals surface area contributed by atoms with Gasteiger partial charge in [-0.15, -0.1) is 0 Å². The van der Waals surface area contributed by atoms with E-state index in [0.29, 0.717) is 24.4 Å². The molecule has 1 aliphatic rings. The summed E-state index contributed by atoms with van der Waals surface area (Å²) < 4.78 is 43.4. The van der Waals surface area contributed by atoms with Crippen molar-refractivity contribution in [3.8, 4) is 17.2 Å². The predicted octanol–water partition coefficient (Wildman–Crippen LogP) is 2.27. The number of aryl methyl sites for hydroxylation is 1. The van der Waals surface area contributed by atoms with Crippen molar-refractivity contribution in [3.63, 3.8) is 0 Å². The first-order chi connectivity index (χ1) is 16.2. The fourth-order valence-electron chi connectivity index (χ4n) is 3.73. The molecule has 2 aromatic carbocycles. The molecule has 0 atom stereocenters. The second kappa shape index (κ2) is 10.7. The van der Waals surface area contributed by atoms with Gasteiger partial charge in [-0.05, 0) is 49.6 Å². The van der Waals surface area contributed by atoms with E-state index in [0.717, 1.165) is 19.3 Å². The molecule has 11 heteroatoms. The van der Waals surface area contributed by atoms with Crippen LogP contribution < -0.4 is 25.1 Å². The van der Waals surface area contributed by atoms with Crippen molar-refractivity contribution in [1.82, 2.24) is 15.2 Å². The van der Waals surface area contributed by atoms with Gasteiger partial charge in [0.15, 0.2) is 11.5 Å². The zero-order valence-electron chi connectivity index (χ0n) is 19.6. The summed E-state index contributed by atoms with van der Waals surface area (Å²) in [6.45, 7) is 2.61. The van der Waals surface area contributed by atoms with E-state index >= 15 is 0 Å². The second-order valence-electron chi connectivity index (χ2n) is 7.77. The number of rotatable bonds is 7. The van der Waals surface area contributed by atoms with Crippen LogP contribution in [0.3, 0.4) is 0 Å². The van der Waals surface area contributed by atoms with Gasteiger partial charge >= 0.3 is 0 Å². The smallest absolute Gasteiger partial charge is 0.269 e. The number of ether oxygens (including phenoxy) is 3. The maximum Gasteiger partial charge on any atom is 0.269 e. The van der Waals surface area contributed by atoms with Crippen LogP contribution in [0.5, 0.6) is 17.2 Å². The summed E-state index contributed by atoms with van der Waals surface area (Å²) in [4.78, 5) is 25.4. The van der Waals surface area contributed by atoms with Gasteiger partial charge in [-0.3, -0.25) is 20.4 Å². The number of nitrogens with one attached hydrogen (secondary N) is 2. The number of amides is 2. The summed E-state index contributed by atoms with van der Waals surface area (Å²) in [6.07, 6.45) is 2.62. The molecular weight excluding hydrogens is 462 g/mol. The fourth-order valence-corrected chi connectivity index (χ4v) is 5.50. The Morgan fingerprint density at radius 1 is 0.824 bits per heavy atom. The second-order valence-corrected chi connectivity index (χ2v) is 9.67. The number of hydrazine groups is 1. The van der Waals surface area contributed by atoms with E-state index in [2.05, 4.69) is 10.9 Å². The third-order valence-corrected chi connectivity index (χ3v) is 7.64. The van der Waals surface area contributed by atoms with Crippen LogP contribution in [-0.4, -0.2) is 59.0 Å². The zero-order valence-corrected chi connectivity index (χ0v) is 20.5. The molecule has 0 unspecified atom stereocenters. The van der Waals surface area contributed by atoms with Gasteiger partial charge in [0.2, 0.25) is 15.8 Å². The number of hydrogen-bond donors (Lipinski definition) is 2. The Morgan fingerprint density at radius 3 is 1.91 bits per heavy atom. The molecule has 0 bridgehead atoms. The van der Waals surface area contributed by atoms with Crippen LogP contribution in [0.2, 0.25) is 0 Å². The minimum absolute atomic E-state index is 0.0815. The number of methoxy groups -OCH3 is 3. The van der Waals surface area contributed by atoms with Crippen LogP contribution in [0.1, 0.15) is 45.5 Å². The normalized spacial score (nSPS) is 14.2. The number of benzene rings is 2. The summed E-state index contributed by atoms with van der Waals surface area (Å²) in [5, 5.41) is 0. The van der Waals surface area contributed by atoms with Crippen molar-refractivity contribution < 1.29 is 32.2 Å². The molecule has 0 aliphatic carbocycles. The Hall–Kier alpha value is -3.31. The molecule has 1 aliphatic heterocycles. The lowest BCUT2D eigenvalue weighted by Crippen LogP contribution is -2.41. The number of carbonyl (C=O) groups excluding carboxylic acids is 2. The number of sulfonamides is 1. The van der Waals surface area contributed by atoms with Gasteiger partial charge in [-0.1, -0.05) is 12.5 Å². The highest BCUT2D eigenvalue weighted by Gasteiger charge is 2.28. The maximum absolute atomic E-state index is 13.1. The van der Waals surface area contributed by atoms with Crippen LogP contribution in [0.4, 0.5) is 0 Å². The lowest BCUT2D eigenvalue weighted by atomic mass is 10.1. The van der Waals surface area contributed by atoms with Gasteiger partial charge < -0.3 is 14.2 Å². The fraction of sp³-hybridized carbons (Fsp3) is 0.391. The first-order valence-corrected chi connectivity index (χ1v) is 12.2. The quantitative estimate of drug-likeness (QED) is 0.570. The van der Waals surface area contributed by atoms with E-state index < -0.39 is 21.8 Å². The van der Waals surface area contributed by atoms with Gasteiger partial charge in [0, 0.05) is 24.2 Å². The van der Waals surface area contributed by atoms with Gasteiger partial charge in [0.1, 0.15) is 0 Å². The molecule has 1 heterocycles. The molecule has 184 valence electrons. The van der Waals surface area contributed by atoms with Gasteiger partial charge in [-0.25, -0.2) is 8.42 Å². The first-order valence-electron chi connectivity index (χ1n) is 10.7. The summed E-state index contributed by atoms with van der Waals surface area (Å²) in [5.41, 5.74) is 5.45. The number of piperidine rings is 1. The van der Waals surface area contributed by atoms with Crippen LogP contribution in [0.25, 0.3) is 0 Å². The standard InChI is InChI=1S/C23H29N3O7S/c1-15-8-9-16(14-20(15)34(29,30)26-10-6-5-7-11-26)22(27)24-25-23(28)17-12-18(31-2)21(33-4)19(13-17)32-3/h8-9,12-14H,5-7,10-11H2,1-4H3,(H,24,27)(H,25,28). The molecule has 0 radical (unpaired) electrons. The average molecular weight is 492 g/mol. The third-order valence-electron chi connectivity index (χ3n) is 5.60. The number of nitrogens with zero attached hydrogens (tertiary/aromatic N) is 1. The molecule has 0 saturated carbocycles.